The molecule has 0 aliphatic carbocycles. The summed E-state index contributed by atoms with van der Waals surface area (Å²) in [5.41, 5.74) is 0.493. The molecule has 2 rings (SSSR count). The van der Waals surface area contributed by atoms with Gasteiger partial charge in [-0.2, -0.15) is 11.8 Å². The van der Waals surface area contributed by atoms with Gasteiger partial charge >= 0.3 is 6.03 Å². The van der Waals surface area contributed by atoms with E-state index in [1.54, 1.807) is 11.8 Å². The lowest BCUT2D eigenvalue weighted by Crippen LogP contribution is -2.48. The highest BCUT2D eigenvalue weighted by Crippen LogP contribution is 2.30. The Bertz CT molecular complexity index is 556. The van der Waals surface area contributed by atoms with Crippen molar-refractivity contribution in [2.75, 3.05) is 25.2 Å². The first-order valence-electron chi connectivity index (χ1n) is 7.78. The molecule has 0 spiro atoms. The second-order valence-corrected chi connectivity index (χ2v) is 6.55. The number of hydrogen-bond acceptors (Lipinski definition) is 4. The van der Waals surface area contributed by atoms with E-state index in [-0.39, 0.29) is 24.7 Å². The molecule has 1 fully saturated rings. The van der Waals surface area contributed by atoms with Crippen molar-refractivity contribution in [1.82, 2.24) is 10.6 Å². The van der Waals surface area contributed by atoms with E-state index < -0.39 is 17.7 Å². The van der Waals surface area contributed by atoms with Gasteiger partial charge in [0.1, 0.15) is 6.10 Å². The molecule has 1 aromatic carbocycles. The van der Waals surface area contributed by atoms with Crippen molar-refractivity contribution in [2.45, 2.75) is 31.0 Å². The number of aliphatic hydroxyl groups excluding tert-OH is 1. The molecule has 3 N–H and O–H groups in total. The van der Waals surface area contributed by atoms with Crippen molar-refractivity contribution in [1.29, 1.82) is 0 Å². The normalized spacial score (nSPS) is 21.5. The van der Waals surface area contributed by atoms with Gasteiger partial charge in [-0.3, -0.25) is 0 Å². The third kappa shape index (κ3) is 5.06. The quantitative estimate of drug-likeness (QED) is 0.697. The van der Waals surface area contributed by atoms with E-state index >= 15 is 0 Å². The van der Waals surface area contributed by atoms with E-state index in [9.17, 15) is 13.6 Å². The Morgan fingerprint density at radius 2 is 2.25 bits per heavy atom. The maximum Gasteiger partial charge on any atom is 0.315 e. The average molecular weight is 360 g/mol. The van der Waals surface area contributed by atoms with Crippen LogP contribution < -0.4 is 10.6 Å². The van der Waals surface area contributed by atoms with Crippen LogP contribution in [0, 0.1) is 11.6 Å². The number of thioether (sulfide) groups is 1. The molecule has 1 aromatic rings. The Labute approximate surface area is 144 Å². The van der Waals surface area contributed by atoms with E-state index in [1.165, 1.54) is 6.07 Å². The number of urea groups is 1. The lowest BCUT2D eigenvalue weighted by molar-refractivity contribution is 0.0994. The average Bonchev–Trinajstić information content (AvgIpc) is 2.98. The molecular weight excluding hydrogens is 338 g/mol. The molecule has 1 aliphatic rings. The number of rotatable bonds is 7. The van der Waals surface area contributed by atoms with Gasteiger partial charge in [0.15, 0.2) is 11.6 Å². The summed E-state index contributed by atoms with van der Waals surface area (Å²) in [6.45, 7) is 0.426. The standard InChI is InChI=1S/C16H22F2N2O3S/c1-24-9-11(4-6-21)19-16(22)20-14-5-7-23-15(14)10-2-3-12(17)13(18)8-10/h2-3,8,11,14-15,21H,4-7,9H2,1H3,(H2,19,20,22)/t11?,14-,15+/m1/s1. The molecule has 1 saturated heterocycles. The van der Waals surface area contributed by atoms with Gasteiger partial charge in [0.05, 0.1) is 6.04 Å². The molecule has 5 nitrogen and oxygen atoms in total. The smallest absolute Gasteiger partial charge is 0.315 e. The van der Waals surface area contributed by atoms with Crippen LogP contribution >= 0.6 is 11.8 Å². The molecule has 2 amide bonds. The summed E-state index contributed by atoms with van der Waals surface area (Å²) in [7, 11) is 0. The highest BCUT2D eigenvalue weighted by molar-refractivity contribution is 7.98. The first kappa shape index (κ1) is 19.0. The molecule has 24 heavy (non-hydrogen) atoms. The summed E-state index contributed by atoms with van der Waals surface area (Å²) in [5, 5.41) is 14.7. The first-order valence-corrected chi connectivity index (χ1v) is 9.18. The van der Waals surface area contributed by atoms with Gasteiger partial charge < -0.3 is 20.5 Å². The fraction of sp³-hybridized carbons (Fsp3) is 0.562. The third-order valence-electron chi connectivity index (χ3n) is 3.86. The summed E-state index contributed by atoms with van der Waals surface area (Å²) in [6, 6.07) is 2.81. The second-order valence-electron chi connectivity index (χ2n) is 5.64. The minimum absolute atomic E-state index is 0.00444. The number of hydrogen-bond donors (Lipinski definition) is 3. The minimum atomic E-state index is -0.936. The molecule has 1 aliphatic heterocycles. The van der Waals surface area contributed by atoms with Gasteiger partial charge in [-0.1, -0.05) is 6.07 Å². The maximum atomic E-state index is 13.4. The van der Waals surface area contributed by atoms with Gasteiger partial charge in [0.2, 0.25) is 0 Å². The fourth-order valence-corrected chi connectivity index (χ4v) is 3.36. The molecule has 8 heteroatoms. The fourth-order valence-electron chi connectivity index (χ4n) is 2.70. The zero-order valence-electron chi connectivity index (χ0n) is 13.4. The zero-order valence-corrected chi connectivity index (χ0v) is 14.2. The van der Waals surface area contributed by atoms with Crippen LogP contribution in [-0.2, 0) is 4.74 Å². The number of carbonyl (C=O) groups excluding carboxylic acids is 1. The summed E-state index contributed by atoms with van der Waals surface area (Å²) < 4.78 is 32.0. The topological polar surface area (TPSA) is 70.6 Å². The molecule has 0 radical (unpaired) electrons. The van der Waals surface area contributed by atoms with E-state index in [1.807, 2.05) is 6.26 Å². The lowest BCUT2D eigenvalue weighted by Gasteiger charge is -2.23. The SMILES string of the molecule is CSCC(CCO)NC(=O)N[C@@H]1CCO[C@H]1c1ccc(F)c(F)c1. The minimum Gasteiger partial charge on any atom is -0.396 e. The van der Waals surface area contributed by atoms with Crippen molar-refractivity contribution in [3.05, 3.63) is 35.4 Å². The van der Waals surface area contributed by atoms with Crippen LogP contribution in [0.3, 0.4) is 0 Å². The molecule has 3 atom stereocenters. The summed E-state index contributed by atoms with van der Waals surface area (Å²) in [6.07, 6.45) is 2.47. The van der Waals surface area contributed by atoms with Crippen molar-refractivity contribution >= 4 is 17.8 Å². The van der Waals surface area contributed by atoms with E-state index in [0.717, 1.165) is 12.1 Å². The predicted octanol–water partition coefficient (Wildman–Crippen LogP) is 2.21. The number of benzene rings is 1. The van der Waals surface area contributed by atoms with Gasteiger partial charge in [-0.05, 0) is 36.8 Å². The first-order chi connectivity index (χ1) is 11.5. The molecule has 0 aromatic heterocycles. The molecule has 134 valence electrons. The Hall–Kier alpha value is -1.38. The van der Waals surface area contributed by atoms with Crippen molar-refractivity contribution in [3.63, 3.8) is 0 Å². The molecule has 0 saturated carbocycles. The van der Waals surface area contributed by atoms with E-state index in [4.69, 9.17) is 9.84 Å². The highest BCUT2D eigenvalue weighted by Gasteiger charge is 2.31. The lowest BCUT2D eigenvalue weighted by atomic mass is 10.0. The Kier molecular flexibility index (Phi) is 7.26. The summed E-state index contributed by atoms with van der Waals surface area (Å²) in [5.74, 6) is -1.15. The van der Waals surface area contributed by atoms with E-state index in [2.05, 4.69) is 10.6 Å². The number of halogens is 2. The van der Waals surface area contributed by atoms with Crippen molar-refractivity contribution in [2.24, 2.45) is 0 Å². The number of amides is 2. The van der Waals surface area contributed by atoms with Gasteiger partial charge in [0.25, 0.3) is 0 Å². The van der Waals surface area contributed by atoms with Crippen LogP contribution in [0.5, 0.6) is 0 Å². The highest BCUT2D eigenvalue weighted by atomic mass is 32.2. The van der Waals surface area contributed by atoms with Gasteiger partial charge in [-0.25, -0.2) is 13.6 Å². The van der Waals surface area contributed by atoms with Crippen molar-refractivity contribution < 1.29 is 23.4 Å². The second kappa shape index (κ2) is 9.19. The zero-order chi connectivity index (χ0) is 17.5. The Morgan fingerprint density at radius 1 is 1.46 bits per heavy atom. The molecule has 1 heterocycles. The van der Waals surface area contributed by atoms with Crippen LogP contribution in [0.25, 0.3) is 0 Å². The van der Waals surface area contributed by atoms with Crippen LogP contribution in [0.2, 0.25) is 0 Å². The van der Waals surface area contributed by atoms with Crippen LogP contribution in [0.15, 0.2) is 18.2 Å². The summed E-state index contributed by atoms with van der Waals surface area (Å²) in [4.78, 5) is 12.2. The van der Waals surface area contributed by atoms with Gasteiger partial charge in [-0.15, -0.1) is 0 Å². The number of carbonyl (C=O) groups is 1. The van der Waals surface area contributed by atoms with Crippen LogP contribution in [0.1, 0.15) is 24.5 Å². The maximum absolute atomic E-state index is 13.4. The largest absolute Gasteiger partial charge is 0.396 e. The number of ether oxygens (including phenoxy) is 1. The third-order valence-corrected chi connectivity index (χ3v) is 4.60. The predicted molar refractivity (Wildman–Crippen MR) is 89.0 cm³/mol. The summed E-state index contributed by atoms with van der Waals surface area (Å²) >= 11 is 1.58. The Morgan fingerprint density at radius 3 is 2.92 bits per heavy atom. The molecule has 1 unspecified atom stereocenters. The van der Waals surface area contributed by atoms with Crippen molar-refractivity contribution in [3.8, 4) is 0 Å². The monoisotopic (exact) mass is 360 g/mol. The Balaban J connectivity index is 1.97. The molecule has 0 bridgehead atoms. The van der Waals surface area contributed by atoms with E-state index in [0.29, 0.717) is 30.8 Å². The number of nitrogens with one attached hydrogen (secondary N) is 2. The van der Waals surface area contributed by atoms with Crippen LogP contribution in [-0.4, -0.2) is 48.4 Å². The molecular formula is C16H22F2N2O3S. The van der Waals surface area contributed by atoms with Gasteiger partial charge in [0, 0.05) is 25.0 Å². The van der Waals surface area contributed by atoms with Crippen LogP contribution in [0.4, 0.5) is 13.6 Å². The number of aliphatic hydroxyl groups is 1.